The third-order valence-electron chi connectivity index (χ3n) is 4.40. The van der Waals surface area contributed by atoms with E-state index in [-0.39, 0.29) is 26.5 Å². The maximum Gasteiger partial charge on any atom is 0.261 e. The van der Waals surface area contributed by atoms with Crippen molar-refractivity contribution in [3.05, 3.63) is 87.9 Å². The second-order valence-electron chi connectivity index (χ2n) is 6.70. The van der Waals surface area contributed by atoms with E-state index in [1.54, 1.807) is 12.1 Å². The van der Waals surface area contributed by atoms with Crippen LogP contribution in [0.5, 0.6) is 0 Å². The second kappa shape index (κ2) is 10.4. The van der Waals surface area contributed by atoms with Gasteiger partial charge in [0.05, 0.1) is 26.4 Å². The van der Waals surface area contributed by atoms with Gasteiger partial charge in [-0.05, 0) is 54.4 Å². The topological polar surface area (TPSA) is 75.3 Å². The van der Waals surface area contributed by atoms with Crippen LogP contribution in [0.2, 0.25) is 10.0 Å². The van der Waals surface area contributed by atoms with Crippen molar-refractivity contribution < 1.29 is 13.2 Å². The lowest BCUT2D eigenvalue weighted by molar-refractivity contribution is -0.113. The first-order chi connectivity index (χ1) is 14.8. The molecule has 3 aromatic carbocycles. The van der Waals surface area contributed by atoms with E-state index in [1.165, 1.54) is 53.2 Å². The highest BCUT2D eigenvalue weighted by Gasteiger charge is 2.17. The standard InChI is InChI=1S/C22H20Cl2N2O3S2/c1-15-5-2-3-6-16(15)13-30-14-21(27)25-17-9-11-18(12-10-17)31(28,29)26-20-8-4-7-19(23)22(20)24/h2-12,26H,13-14H2,1H3,(H,25,27). The highest BCUT2D eigenvalue weighted by Crippen LogP contribution is 2.31. The van der Waals surface area contributed by atoms with E-state index in [2.05, 4.69) is 10.0 Å². The van der Waals surface area contributed by atoms with Crippen LogP contribution in [0, 0.1) is 6.92 Å². The number of carbonyl (C=O) groups excluding carboxylic acids is 1. The summed E-state index contributed by atoms with van der Waals surface area (Å²) in [4.78, 5) is 12.2. The van der Waals surface area contributed by atoms with E-state index in [9.17, 15) is 13.2 Å². The molecule has 5 nitrogen and oxygen atoms in total. The summed E-state index contributed by atoms with van der Waals surface area (Å²) in [5.41, 5.74) is 3.10. The third-order valence-corrected chi connectivity index (χ3v) is 7.58. The number of nitrogens with one attached hydrogen (secondary N) is 2. The first kappa shape index (κ1) is 23.5. The summed E-state index contributed by atoms with van der Waals surface area (Å²) in [6, 6.07) is 18.6. The number of halogens is 2. The zero-order valence-electron chi connectivity index (χ0n) is 16.6. The number of amides is 1. The lowest BCUT2D eigenvalue weighted by Crippen LogP contribution is -2.15. The van der Waals surface area contributed by atoms with Gasteiger partial charge in [-0.2, -0.15) is 0 Å². The molecule has 0 bridgehead atoms. The van der Waals surface area contributed by atoms with Gasteiger partial charge in [0.25, 0.3) is 10.0 Å². The van der Waals surface area contributed by atoms with Crippen LogP contribution in [0.25, 0.3) is 0 Å². The molecule has 0 heterocycles. The molecule has 0 fully saturated rings. The first-order valence-electron chi connectivity index (χ1n) is 9.25. The minimum absolute atomic E-state index is 0.0375. The van der Waals surface area contributed by atoms with Gasteiger partial charge < -0.3 is 5.32 Å². The SMILES string of the molecule is Cc1ccccc1CSCC(=O)Nc1ccc(S(=O)(=O)Nc2cccc(Cl)c2Cl)cc1. The van der Waals surface area contributed by atoms with Crippen molar-refractivity contribution in [2.45, 2.75) is 17.6 Å². The van der Waals surface area contributed by atoms with Crippen molar-refractivity contribution in [2.24, 2.45) is 0 Å². The van der Waals surface area contributed by atoms with Gasteiger partial charge in [-0.3, -0.25) is 9.52 Å². The quantitative estimate of drug-likeness (QED) is 0.404. The Balaban J connectivity index is 1.57. The van der Waals surface area contributed by atoms with Crippen LogP contribution >= 0.6 is 35.0 Å². The molecule has 0 spiro atoms. The molecule has 9 heteroatoms. The number of anilines is 2. The van der Waals surface area contributed by atoms with Gasteiger partial charge in [0, 0.05) is 11.4 Å². The van der Waals surface area contributed by atoms with Gasteiger partial charge in [-0.25, -0.2) is 8.42 Å². The van der Waals surface area contributed by atoms with Crippen molar-refractivity contribution in [3.8, 4) is 0 Å². The summed E-state index contributed by atoms with van der Waals surface area (Å²) in [6.45, 7) is 2.04. The normalized spacial score (nSPS) is 11.2. The molecule has 0 atom stereocenters. The van der Waals surface area contributed by atoms with E-state index >= 15 is 0 Å². The maximum atomic E-state index is 12.6. The number of rotatable bonds is 8. The molecule has 0 aliphatic carbocycles. The maximum absolute atomic E-state index is 12.6. The van der Waals surface area contributed by atoms with Gasteiger partial charge >= 0.3 is 0 Å². The van der Waals surface area contributed by atoms with E-state index in [0.717, 1.165) is 5.75 Å². The molecule has 0 saturated heterocycles. The number of carbonyl (C=O) groups is 1. The average molecular weight is 495 g/mol. The van der Waals surface area contributed by atoms with Crippen LogP contribution in [0.1, 0.15) is 11.1 Å². The lowest BCUT2D eigenvalue weighted by Gasteiger charge is -2.11. The molecule has 3 aromatic rings. The molecule has 0 aromatic heterocycles. The molecule has 1 amide bonds. The number of benzene rings is 3. The minimum atomic E-state index is -3.86. The highest BCUT2D eigenvalue weighted by atomic mass is 35.5. The molecule has 0 aliphatic rings. The molecule has 31 heavy (non-hydrogen) atoms. The van der Waals surface area contributed by atoms with Crippen molar-refractivity contribution in [2.75, 3.05) is 15.8 Å². The second-order valence-corrected chi connectivity index (χ2v) is 10.2. The third kappa shape index (κ3) is 6.40. The van der Waals surface area contributed by atoms with Gasteiger partial charge in [0.15, 0.2) is 0 Å². The molecule has 0 radical (unpaired) electrons. The number of hydrogen-bond donors (Lipinski definition) is 2. The predicted molar refractivity (Wildman–Crippen MR) is 130 cm³/mol. The summed E-state index contributed by atoms with van der Waals surface area (Å²) < 4.78 is 27.6. The van der Waals surface area contributed by atoms with E-state index < -0.39 is 10.0 Å². The van der Waals surface area contributed by atoms with Crippen LogP contribution in [0.3, 0.4) is 0 Å². The van der Waals surface area contributed by atoms with Crippen LogP contribution in [-0.2, 0) is 20.6 Å². The fraction of sp³-hybridized carbons (Fsp3) is 0.136. The Kier molecular flexibility index (Phi) is 7.89. The molecule has 0 saturated carbocycles. The van der Waals surface area contributed by atoms with Crippen LogP contribution in [0.15, 0.2) is 71.6 Å². The van der Waals surface area contributed by atoms with Crippen molar-refractivity contribution in [1.29, 1.82) is 0 Å². The zero-order valence-corrected chi connectivity index (χ0v) is 19.7. The van der Waals surface area contributed by atoms with Crippen molar-refractivity contribution in [3.63, 3.8) is 0 Å². The molecule has 0 unspecified atom stereocenters. The highest BCUT2D eigenvalue weighted by molar-refractivity contribution is 7.99. The molecule has 2 N–H and O–H groups in total. The monoisotopic (exact) mass is 494 g/mol. The summed E-state index contributed by atoms with van der Waals surface area (Å²) in [6.07, 6.45) is 0. The Morgan fingerprint density at radius 2 is 1.68 bits per heavy atom. The fourth-order valence-electron chi connectivity index (χ4n) is 2.73. The van der Waals surface area contributed by atoms with Crippen LogP contribution < -0.4 is 10.0 Å². The van der Waals surface area contributed by atoms with Crippen molar-refractivity contribution in [1.82, 2.24) is 0 Å². The van der Waals surface area contributed by atoms with Crippen LogP contribution in [-0.4, -0.2) is 20.1 Å². The Morgan fingerprint density at radius 3 is 2.39 bits per heavy atom. The largest absolute Gasteiger partial charge is 0.325 e. The summed E-state index contributed by atoms with van der Waals surface area (Å²) >= 11 is 13.5. The van der Waals surface area contributed by atoms with Gasteiger partial charge in [0.1, 0.15) is 0 Å². The molecular weight excluding hydrogens is 475 g/mol. The van der Waals surface area contributed by atoms with Crippen molar-refractivity contribution >= 4 is 62.3 Å². The van der Waals surface area contributed by atoms with Gasteiger partial charge in [-0.1, -0.05) is 53.5 Å². The Morgan fingerprint density at radius 1 is 0.968 bits per heavy atom. The summed E-state index contributed by atoms with van der Waals surface area (Å²) in [7, 11) is -3.86. The average Bonchev–Trinajstić information content (AvgIpc) is 2.73. The van der Waals surface area contributed by atoms with Gasteiger partial charge in [-0.15, -0.1) is 11.8 Å². The number of aryl methyl sites for hydroxylation is 1. The van der Waals surface area contributed by atoms with E-state index in [0.29, 0.717) is 11.4 Å². The Hall–Kier alpha value is -2.19. The first-order valence-corrected chi connectivity index (χ1v) is 12.6. The fourth-order valence-corrected chi connectivity index (χ4v) is 5.11. The molecular formula is C22H20Cl2N2O3S2. The molecule has 3 rings (SSSR count). The predicted octanol–water partition coefficient (Wildman–Crippen LogP) is 5.97. The van der Waals surface area contributed by atoms with Gasteiger partial charge in [0.2, 0.25) is 5.91 Å². The summed E-state index contributed by atoms with van der Waals surface area (Å²) in [5, 5.41) is 3.15. The number of sulfonamides is 1. The number of hydrogen-bond acceptors (Lipinski definition) is 4. The Labute approximate surface area is 196 Å². The molecule has 162 valence electrons. The lowest BCUT2D eigenvalue weighted by atomic mass is 10.1. The van der Waals surface area contributed by atoms with E-state index in [1.807, 2.05) is 31.2 Å². The van der Waals surface area contributed by atoms with E-state index in [4.69, 9.17) is 23.2 Å². The molecule has 0 aliphatic heterocycles. The van der Waals surface area contributed by atoms with Crippen LogP contribution in [0.4, 0.5) is 11.4 Å². The summed E-state index contributed by atoms with van der Waals surface area (Å²) in [5.74, 6) is 0.885. The number of thioether (sulfide) groups is 1. The minimum Gasteiger partial charge on any atom is -0.325 e. The zero-order chi connectivity index (χ0) is 22.4. The smallest absolute Gasteiger partial charge is 0.261 e. The Bertz CT molecular complexity index is 1180.